The summed E-state index contributed by atoms with van der Waals surface area (Å²) in [6.45, 7) is 0. The van der Waals surface area contributed by atoms with Crippen molar-refractivity contribution in [2.75, 3.05) is 19.4 Å². The molecular weight excluding hydrogens is 328 g/mol. The van der Waals surface area contributed by atoms with Crippen LogP contribution in [-0.4, -0.2) is 39.5 Å². The van der Waals surface area contributed by atoms with Crippen molar-refractivity contribution in [2.24, 2.45) is 10.2 Å². The Morgan fingerprint density at radius 2 is 2.12 bits per heavy atom. The number of aromatic nitrogens is 2. The average molecular weight is 342 g/mol. The maximum Gasteiger partial charge on any atom is 0.321 e. The van der Waals surface area contributed by atoms with Gasteiger partial charge in [0.15, 0.2) is 10.6 Å². The first-order valence-electron chi connectivity index (χ1n) is 6.98. The zero-order valence-electron chi connectivity index (χ0n) is 13.0. The number of hydrogen-bond donors (Lipinski definition) is 2. The van der Waals surface area contributed by atoms with Crippen LogP contribution < -0.4 is 5.32 Å². The van der Waals surface area contributed by atoms with Gasteiger partial charge in [-0.15, -0.1) is 10.2 Å². The summed E-state index contributed by atoms with van der Waals surface area (Å²) in [4.78, 5) is 17.2. The van der Waals surface area contributed by atoms with Crippen molar-refractivity contribution < 1.29 is 9.90 Å². The third kappa shape index (κ3) is 3.30. The third-order valence-corrected chi connectivity index (χ3v) is 3.86. The van der Waals surface area contributed by atoms with E-state index in [2.05, 4.69) is 24.9 Å². The number of benzene rings is 1. The molecule has 0 unspecified atom stereocenters. The van der Waals surface area contributed by atoms with E-state index in [4.69, 9.17) is 0 Å². The van der Waals surface area contributed by atoms with Crippen LogP contribution in [0.25, 0.3) is 11.0 Å². The van der Waals surface area contributed by atoms with E-state index in [9.17, 15) is 9.90 Å². The van der Waals surface area contributed by atoms with E-state index < -0.39 is 0 Å². The standard InChI is InChI=1S/C15H14N6O2S/c1-21(2)15(23)17-11-8-9(5-6-12(11)22)18-19-14-10-4-3-7-16-13(10)20-24-14/h3-8,22H,1-2H3,(H,17,23). The van der Waals surface area contributed by atoms with Crippen molar-refractivity contribution in [1.29, 1.82) is 0 Å². The minimum absolute atomic E-state index is 0.0448. The van der Waals surface area contributed by atoms with Crippen LogP contribution >= 0.6 is 11.5 Å². The number of hydrogen-bond acceptors (Lipinski definition) is 7. The third-order valence-electron chi connectivity index (χ3n) is 3.12. The summed E-state index contributed by atoms with van der Waals surface area (Å²) in [6.07, 6.45) is 1.67. The molecule has 2 aromatic heterocycles. The number of aromatic hydroxyl groups is 1. The summed E-state index contributed by atoms with van der Waals surface area (Å²) in [5.74, 6) is -0.0448. The largest absolute Gasteiger partial charge is 0.506 e. The molecule has 0 radical (unpaired) electrons. The predicted octanol–water partition coefficient (Wildman–Crippen LogP) is 3.91. The van der Waals surface area contributed by atoms with Crippen LogP contribution in [0.5, 0.6) is 5.75 Å². The van der Waals surface area contributed by atoms with Gasteiger partial charge in [-0.3, -0.25) is 0 Å². The van der Waals surface area contributed by atoms with E-state index in [0.717, 1.165) is 5.39 Å². The van der Waals surface area contributed by atoms with Gasteiger partial charge < -0.3 is 15.3 Å². The molecule has 9 heteroatoms. The zero-order chi connectivity index (χ0) is 17.1. The first-order chi connectivity index (χ1) is 11.5. The quantitative estimate of drug-likeness (QED) is 0.556. The van der Waals surface area contributed by atoms with E-state index in [-0.39, 0.29) is 17.5 Å². The molecule has 0 saturated heterocycles. The molecule has 24 heavy (non-hydrogen) atoms. The maximum atomic E-state index is 11.7. The Morgan fingerprint density at radius 1 is 1.29 bits per heavy atom. The molecule has 0 saturated carbocycles. The fourth-order valence-electron chi connectivity index (χ4n) is 1.86. The highest BCUT2D eigenvalue weighted by molar-refractivity contribution is 7.11. The van der Waals surface area contributed by atoms with Crippen molar-refractivity contribution in [3.8, 4) is 5.75 Å². The van der Waals surface area contributed by atoms with Gasteiger partial charge >= 0.3 is 6.03 Å². The monoisotopic (exact) mass is 342 g/mol. The van der Waals surface area contributed by atoms with Crippen molar-refractivity contribution in [3.05, 3.63) is 36.5 Å². The summed E-state index contributed by atoms with van der Waals surface area (Å²) in [7, 11) is 3.22. The lowest BCUT2D eigenvalue weighted by Gasteiger charge is -2.13. The van der Waals surface area contributed by atoms with E-state index in [0.29, 0.717) is 16.3 Å². The van der Waals surface area contributed by atoms with Gasteiger partial charge in [0.1, 0.15) is 5.75 Å². The number of carbonyl (C=O) groups excluding carboxylic acids is 1. The lowest BCUT2D eigenvalue weighted by atomic mass is 10.2. The average Bonchev–Trinajstić information content (AvgIpc) is 2.98. The van der Waals surface area contributed by atoms with Gasteiger partial charge in [-0.1, -0.05) is 0 Å². The van der Waals surface area contributed by atoms with Crippen LogP contribution in [0.1, 0.15) is 0 Å². The van der Waals surface area contributed by atoms with Crippen LogP contribution in [0.15, 0.2) is 46.8 Å². The molecule has 0 aliphatic heterocycles. The molecule has 0 fully saturated rings. The minimum atomic E-state index is -0.348. The number of nitrogens with one attached hydrogen (secondary N) is 1. The molecule has 8 nitrogen and oxygen atoms in total. The molecule has 122 valence electrons. The van der Waals surface area contributed by atoms with Gasteiger partial charge in [0, 0.05) is 20.3 Å². The number of amides is 2. The first-order valence-corrected chi connectivity index (χ1v) is 7.75. The molecule has 0 bridgehead atoms. The second-order valence-corrected chi connectivity index (χ2v) is 5.84. The number of phenols is 1. The van der Waals surface area contributed by atoms with Gasteiger partial charge in [0.2, 0.25) is 0 Å². The molecule has 1 aromatic carbocycles. The first kappa shape index (κ1) is 15.8. The van der Waals surface area contributed by atoms with Crippen molar-refractivity contribution in [2.45, 2.75) is 0 Å². The van der Waals surface area contributed by atoms with Gasteiger partial charge in [-0.25, -0.2) is 9.78 Å². The number of urea groups is 1. The summed E-state index contributed by atoms with van der Waals surface area (Å²) in [6, 6.07) is 7.93. The number of fused-ring (bicyclic) bond motifs is 1. The number of rotatable bonds is 3. The lowest BCUT2D eigenvalue weighted by Crippen LogP contribution is -2.27. The Balaban J connectivity index is 1.86. The molecule has 2 heterocycles. The summed E-state index contributed by atoms with van der Waals surface area (Å²) in [5.41, 5.74) is 1.38. The Labute approximate surface area is 141 Å². The minimum Gasteiger partial charge on any atom is -0.506 e. The van der Waals surface area contributed by atoms with E-state index >= 15 is 0 Å². The molecule has 0 atom stereocenters. The molecule has 2 amide bonds. The molecule has 0 aliphatic rings. The Hall–Kier alpha value is -3.07. The van der Waals surface area contributed by atoms with E-state index in [1.54, 1.807) is 32.4 Å². The van der Waals surface area contributed by atoms with Crippen molar-refractivity contribution in [1.82, 2.24) is 14.3 Å². The number of nitrogens with zero attached hydrogens (tertiary/aromatic N) is 5. The number of phenolic OH excluding ortho intramolecular Hbond substituents is 1. The van der Waals surface area contributed by atoms with Crippen LogP contribution in [0, 0.1) is 0 Å². The molecule has 0 spiro atoms. The van der Waals surface area contributed by atoms with Crippen molar-refractivity contribution >= 4 is 45.0 Å². The SMILES string of the molecule is CN(C)C(=O)Nc1cc(N=Nc2snc3ncccc23)ccc1O. The number of carbonyl (C=O) groups is 1. The van der Waals surface area contributed by atoms with Crippen LogP contribution in [0.4, 0.5) is 21.2 Å². The topological polar surface area (TPSA) is 103 Å². The second-order valence-electron chi connectivity index (χ2n) is 5.09. The lowest BCUT2D eigenvalue weighted by molar-refractivity contribution is 0.230. The molecule has 2 N–H and O–H groups in total. The summed E-state index contributed by atoms with van der Waals surface area (Å²) >= 11 is 1.21. The number of anilines is 1. The molecule has 3 rings (SSSR count). The van der Waals surface area contributed by atoms with Crippen LogP contribution in [0.2, 0.25) is 0 Å². The fraction of sp³-hybridized carbons (Fsp3) is 0.133. The fourth-order valence-corrected chi connectivity index (χ4v) is 2.51. The molecule has 3 aromatic rings. The number of pyridine rings is 1. The highest BCUT2D eigenvalue weighted by Gasteiger charge is 2.09. The normalized spacial score (nSPS) is 11.1. The summed E-state index contributed by atoms with van der Waals surface area (Å²) < 4.78 is 4.20. The summed E-state index contributed by atoms with van der Waals surface area (Å²) in [5, 5.41) is 22.2. The zero-order valence-corrected chi connectivity index (χ0v) is 13.8. The van der Waals surface area contributed by atoms with Gasteiger partial charge in [0.05, 0.1) is 16.8 Å². The van der Waals surface area contributed by atoms with E-state index in [1.807, 2.05) is 12.1 Å². The number of azo groups is 1. The van der Waals surface area contributed by atoms with Crippen LogP contribution in [0.3, 0.4) is 0 Å². The Morgan fingerprint density at radius 3 is 2.92 bits per heavy atom. The van der Waals surface area contributed by atoms with Crippen LogP contribution in [-0.2, 0) is 0 Å². The molecular formula is C15H14N6O2S. The highest BCUT2D eigenvalue weighted by Crippen LogP contribution is 2.32. The van der Waals surface area contributed by atoms with Crippen molar-refractivity contribution in [3.63, 3.8) is 0 Å². The van der Waals surface area contributed by atoms with Gasteiger partial charge in [0.25, 0.3) is 0 Å². The smallest absolute Gasteiger partial charge is 0.321 e. The predicted molar refractivity (Wildman–Crippen MR) is 92.4 cm³/mol. The Kier molecular flexibility index (Phi) is 4.34. The van der Waals surface area contributed by atoms with Gasteiger partial charge in [-0.2, -0.15) is 4.37 Å². The van der Waals surface area contributed by atoms with E-state index in [1.165, 1.54) is 22.5 Å². The molecule has 0 aliphatic carbocycles. The Bertz CT molecular complexity index is 921. The van der Waals surface area contributed by atoms with Gasteiger partial charge in [-0.05, 0) is 41.9 Å². The second kappa shape index (κ2) is 6.59. The highest BCUT2D eigenvalue weighted by atomic mass is 32.1. The maximum absolute atomic E-state index is 11.7.